The highest BCUT2D eigenvalue weighted by atomic mass is 16.5. The Morgan fingerprint density at radius 1 is 1.38 bits per heavy atom. The van der Waals surface area contributed by atoms with Gasteiger partial charge in [-0.15, -0.1) is 0 Å². The first kappa shape index (κ1) is 20.8. The predicted octanol–water partition coefficient (Wildman–Crippen LogP) is 2.02. The summed E-state index contributed by atoms with van der Waals surface area (Å²) in [6.45, 7) is 4.45. The summed E-state index contributed by atoms with van der Waals surface area (Å²) in [5, 5.41) is 13.2. The van der Waals surface area contributed by atoms with Crippen molar-refractivity contribution < 1.29 is 14.6 Å². The van der Waals surface area contributed by atoms with Crippen molar-refractivity contribution in [2.75, 3.05) is 36.2 Å². The molecule has 0 fully saturated rings. The second kappa shape index (κ2) is 8.60. The number of aromatic nitrogens is 3. The molecule has 9 nitrogen and oxygen atoms in total. The Labute approximate surface area is 170 Å². The lowest BCUT2D eigenvalue weighted by Gasteiger charge is -2.33. The number of aliphatic hydroxyl groups excluding tert-OH is 1. The molecule has 3 rings (SSSR count). The number of anilines is 3. The number of nitrogens with zero attached hydrogens (tertiary/aromatic N) is 4. The molecular formula is C20H28N6O3. The Morgan fingerprint density at radius 3 is 2.79 bits per heavy atom. The van der Waals surface area contributed by atoms with Gasteiger partial charge in [0.25, 0.3) is 5.91 Å². The van der Waals surface area contributed by atoms with E-state index in [9.17, 15) is 9.90 Å². The number of nitrogen functional groups attached to an aromatic ring is 1. The van der Waals surface area contributed by atoms with Crippen LogP contribution in [0.1, 0.15) is 49.2 Å². The standard InChI is InChI=1S/C20H28N6O3/c1-4-5-9-20(2,12-27)25-17-14-8-10-26(13-6-7-15(29-3)22-11-13)18(28)16(14)23-19(21)24-17/h6-7,11,27H,4-5,8-10,12H2,1-3H3,(H3,21,23,24,25)/t20-/m1/s1. The van der Waals surface area contributed by atoms with E-state index in [2.05, 4.69) is 27.2 Å². The van der Waals surface area contributed by atoms with E-state index in [1.807, 2.05) is 6.92 Å². The van der Waals surface area contributed by atoms with Gasteiger partial charge in [-0.3, -0.25) is 4.79 Å². The normalized spacial score (nSPS) is 15.6. The summed E-state index contributed by atoms with van der Waals surface area (Å²) in [6, 6.07) is 3.49. The molecule has 0 saturated carbocycles. The molecule has 0 spiro atoms. The lowest BCUT2D eigenvalue weighted by Crippen LogP contribution is -2.42. The highest BCUT2D eigenvalue weighted by Gasteiger charge is 2.32. The maximum atomic E-state index is 13.1. The number of hydrogen-bond donors (Lipinski definition) is 3. The molecule has 29 heavy (non-hydrogen) atoms. The Morgan fingerprint density at radius 2 is 2.17 bits per heavy atom. The molecule has 0 aliphatic carbocycles. The zero-order chi connectivity index (χ0) is 21.0. The number of hydrogen-bond acceptors (Lipinski definition) is 8. The number of nitrogens with two attached hydrogens (primary N) is 1. The van der Waals surface area contributed by atoms with E-state index in [4.69, 9.17) is 10.5 Å². The number of carbonyl (C=O) groups excluding carboxylic acids is 1. The van der Waals surface area contributed by atoms with Gasteiger partial charge >= 0.3 is 0 Å². The molecule has 0 aromatic carbocycles. The fraction of sp³-hybridized carbons (Fsp3) is 0.500. The molecule has 1 aliphatic rings. The minimum Gasteiger partial charge on any atom is -0.481 e. The van der Waals surface area contributed by atoms with Gasteiger partial charge in [0.1, 0.15) is 11.5 Å². The van der Waals surface area contributed by atoms with E-state index in [1.165, 1.54) is 0 Å². The van der Waals surface area contributed by atoms with Crippen molar-refractivity contribution in [3.63, 3.8) is 0 Å². The van der Waals surface area contributed by atoms with Crippen molar-refractivity contribution in [2.45, 2.75) is 45.1 Å². The van der Waals surface area contributed by atoms with Gasteiger partial charge in [-0.25, -0.2) is 9.97 Å². The van der Waals surface area contributed by atoms with E-state index in [0.717, 1.165) is 24.8 Å². The van der Waals surface area contributed by atoms with Gasteiger partial charge in [-0.2, -0.15) is 4.98 Å². The highest BCUT2D eigenvalue weighted by Crippen LogP contribution is 2.30. The van der Waals surface area contributed by atoms with Gasteiger partial charge in [0.15, 0.2) is 0 Å². The zero-order valence-corrected chi connectivity index (χ0v) is 17.1. The molecule has 0 radical (unpaired) electrons. The number of unbranched alkanes of at least 4 members (excludes halogenated alkanes) is 1. The molecule has 1 atom stereocenters. The largest absolute Gasteiger partial charge is 0.481 e. The summed E-state index contributed by atoms with van der Waals surface area (Å²) in [4.78, 5) is 27.5. The topological polar surface area (TPSA) is 126 Å². The van der Waals surface area contributed by atoms with Crippen LogP contribution in [-0.4, -0.2) is 51.8 Å². The van der Waals surface area contributed by atoms with Crippen molar-refractivity contribution in [3.8, 4) is 5.88 Å². The van der Waals surface area contributed by atoms with Crippen LogP contribution in [0.4, 0.5) is 17.5 Å². The second-order valence-electron chi connectivity index (χ2n) is 7.47. The SMILES string of the molecule is CCCC[C@](C)(CO)Nc1nc(N)nc2c1CCN(c1ccc(OC)nc1)C2=O. The van der Waals surface area contributed by atoms with E-state index < -0.39 is 5.54 Å². The van der Waals surface area contributed by atoms with Crippen molar-refractivity contribution in [3.05, 3.63) is 29.6 Å². The maximum Gasteiger partial charge on any atom is 0.277 e. The molecule has 2 aromatic heterocycles. The van der Waals surface area contributed by atoms with Gasteiger partial charge in [0.05, 0.1) is 31.1 Å². The third-order valence-electron chi connectivity index (χ3n) is 5.15. The molecule has 0 saturated heterocycles. The molecule has 4 N–H and O–H groups in total. The monoisotopic (exact) mass is 400 g/mol. The third kappa shape index (κ3) is 4.40. The summed E-state index contributed by atoms with van der Waals surface area (Å²) < 4.78 is 5.08. The van der Waals surface area contributed by atoms with Gasteiger partial charge in [0, 0.05) is 18.2 Å². The summed E-state index contributed by atoms with van der Waals surface area (Å²) in [7, 11) is 1.54. The molecule has 156 valence electrons. The summed E-state index contributed by atoms with van der Waals surface area (Å²) in [5.74, 6) is 0.757. The number of nitrogens with one attached hydrogen (secondary N) is 1. The average Bonchev–Trinajstić information content (AvgIpc) is 2.73. The molecule has 2 aromatic rings. The van der Waals surface area contributed by atoms with Crippen LogP contribution in [0.5, 0.6) is 5.88 Å². The highest BCUT2D eigenvalue weighted by molar-refractivity contribution is 6.07. The van der Waals surface area contributed by atoms with Crippen LogP contribution in [-0.2, 0) is 6.42 Å². The molecule has 1 amide bonds. The first-order valence-corrected chi connectivity index (χ1v) is 9.78. The van der Waals surface area contributed by atoms with Gasteiger partial charge < -0.3 is 25.8 Å². The molecule has 1 aliphatic heterocycles. The lowest BCUT2D eigenvalue weighted by atomic mass is 9.95. The second-order valence-corrected chi connectivity index (χ2v) is 7.47. The molecule has 9 heteroatoms. The molecule has 3 heterocycles. The van der Waals surface area contributed by atoms with Crippen LogP contribution < -0.4 is 20.7 Å². The number of fused-ring (bicyclic) bond motifs is 1. The summed E-state index contributed by atoms with van der Waals surface area (Å²) in [5.41, 5.74) is 7.01. The minimum atomic E-state index is -0.551. The molecule has 0 bridgehead atoms. The third-order valence-corrected chi connectivity index (χ3v) is 5.15. The van der Waals surface area contributed by atoms with E-state index in [1.54, 1.807) is 30.3 Å². The number of pyridine rings is 1. The maximum absolute atomic E-state index is 13.1. The molecular weight excluding hydrogens is 372 g/mol. The fourth-order valence-electron chi connectivity index (χ4n) is 3.40. The van der Waals surface area contributed by atoms with Crippen LogP contribution in [0.15, 0.2) is 18.3 Å². The average molecular weight is 400 g/mol. The fourth-order valence-corrected chi connectivity index (χ4v) is 3.40. The first-order chi connectivity index (χ1) is 13.9. The summed E-state index contributed by atoms with van der Waals surface area (Å²) in [6.07, 6.45) is 4.91. The van der Waals surface area contributed by atoms with Crippen molar-refractivity contribution in [1.29, 1.82) is 0 Å². The number of methoxy groups -OCH3 is 1. The van der Waals surface area contributed by atoms with Crippen molar-refractivity contribution in [2.24, 2.45) is 0 Å². The van der Waals surface area contributed by atoms with Crippen LogP contribution >= 0.6 is 0 Å². The number of ether oxygens (including phenoxy) is 1. The van der Waals surface area contributed by atoms with E-state index in [0.29, 0.717) is 30.4 Å². The Kier molecular flexibility index (Phi) is 6.17. The Hall–Kier alpha value is -2.94. The lowest BCUT2D eigenvalue weighted by molar-refractivity contribution is 0.0975. The smallest absolute Gasteiger partial charge is 0.277 e. The van der Waals surface area contributed by atoms with Crippen LogP contribution in [0.25, 0.3) is 0 Å². The van der Waals surface area contributed by atoms with Crippen molar-refractivity contribution in [1.82, 2.24) is 15.0 Å². The Balaban J connectivity index is 1.91. The zero-order valence-electron chi connectivity index (χ0n) is 17.1. The van der Waals surface area contributed by atoms with E-state index >= 15 is 0 Å². The van der Waals surface area contributed by atoms with Gasteiger partial charge in [0.2, 0.25) is 11.8 Å². The minimum absolute atomic E-state index is 0.0186. The molecule has 0 unspecified atom stereocenters. The van der Waals surface area contributed by atoms with Crippen LogP contribution in [0, 0.1) is 0 Å². The number of rotatable bonds is 8. The van der Waals surface area contributed by atoms with Crippen molar-refractivity contribution >= 4 is 23.4 Å². The summed E-state index contributed by atoms with van der Waals surface area (Å²) >= 11 is 0. The predicted molar refractivity (Wildman–Crippen MR) is 111 cm³/mol. The van der Waals surface area contributed by atoms with Crippen LogP contribution in [0.2, 0.25) is 0 Å². The number of carbonyl (C=O) groups is 1. The van der Waals surface area contributed by atoms with Crippen LogP contribution in [0.3, 0.4) is 0 Å². The van der Waals surface area contributed by atoms with Gasteiger partial charge in [-0.1, -0.05) is 19.8 Å². The first-order valence-electron chi connectivity index (χ1n) is 9.78. The van der Waals surface area contributed by atoms with Gasteiger partial charge in [-0.05, 0) is 25.8 Å². The number of aliphatic hydroxyl groups is 1. The number of amides is 1. The quantitative estimate of drug-likeness (QED) is 0.614. The van der Waals surface area contributed by atoms with E-state index in [-0.39, 0.29) is 24.2 Å². The Bertz CT molecular complexity index is 873.